The Morgan fingerprint density at radius 1 is 0.939 bits per heavy atom. The number of hydrogen-bond acceptors (Lipinski definition) is 1. The molecule has 1 aliphatic heterocycles. The van der Waals surface area contributed by atoms with Gasteiger partial charge in [0.2, 0.25) is 0 Å². The quantitative estimate of drug-likeness (QED) is 0.172. The molecule has 0 amide bonds. The van der Waals surface area contributed by atoms with Gasteiger partial charge in [0, 0.05) is 8.80 Å². The molecule has 0 unspecified atom stereocenters. The van der Waals surface area contributed by atoms with Gasteiger partial charge >= 0.3 is 6.18 Å². The summed E-state index contributed by atoms with van der Waals surface area (Å²) in [6, 6.07) is 9.40. The van der Waals surface area contributed by atoms with Crippen molar-refractivity contribution < 1.29 is 22.3 Å². The molecule has 1 radical (unpaired) electrons. The average molecular weight is 486 g/mol. The predicted molar refractivity (Wildman–Crippen MR) is 129 cm³/mol. The molecule has 3 rings (SSSR count). The zero-order valence-corrected chi connectivity index (χ0v) is 21.2. The van der Waals surface area contributed by atoms with E-state index in [9.17, 15) is 17.6 Å². The summed E-state index contributed by atoms with van der Waals surface area (Å²) in [7, 11) is 0.00786. The van der Waals surface area contributed by atoms with Crippen molar-refractivity contribution in [1.29, 1.82) is 0 Å². The maximum Gasteiger partial charge on any atom is 0.392 e. The molecule has 1 saturated heterocycles. The standard InChI is InChI=1S/C27H41F4OSi/c1-2-17-33-18-13-22(14-19-33)6-4-3-5-21-7-9-23(10-8-21)24-11-12-26(25(28)20-24)32-16-15-27(29,30)31/h11-12,20-23H,2-10,13-19H2,1H3. The monoisotopic (exact) mass is 485 g/mol. The molecule has 33 heavy (non-hydrogen) atoms. The fraction of sp³-hybridized carbons (Fsp3) is 0.778. The van der Waals surface area contributed by atoms with Gasteiger partial charge < -0.3 is 4.74 Å². The first-order chi connectivity index (χ1) is 15.8. The lowest BCUT2D eigenvalue weighted by Gasteiger charge is -2.29. The summed E-state index contributed by atoms with van der Waals surface area (Å²) in [6.45, 7) is 1.78. The van der Waals surface area contributed by atoms with Crippen LogP contribution < -0.4 is 4.74 Å². The molecular formula is C27H41F4OSi. The maximum atomic E-state index is 14.3. The van der Waals surface area contributed by atoms with Crippen LogP contribution in [-0.4, -0.2) is 21.6 Å². The fourth-order valence-electron chi connectivity index (χ4n) is 5.79. The smallest absolute Gasteiger partial charge is 0.392 e. The van der Waals surface area contributed by atoms with Gasteiger partial charge in [0.15, 0.2) is 11.6 Å². The van der Waals surface area contributed by atoms with Crippen LogP contribution in [0.1, 0.15) is 95.5 Å². The highest BCUT2D eigenvalue weighted by atomic mass is 28.3. The van der Waals surface area contributed by atoms with Gasteiger partial charge in [-0.25, -0.2) is 4.39 Å². The summed E-state index contributed by atoms with van der Waals surface area (Å²) in [6.07, 6.45) is 9.00. The number of alkyl halides is 3. The van der Waals surface area contributed by atoms with Crippen LogP contribution in [0.15, 0.2) is 18.2 Å². The molecule has 0 bridgehead atoms. The van der Waals surface area contributed by atoms with Gasteiger partial charge in [0.1, 0.15) is 0 Å². The number of benzene rings is 1. The first-order valence-corrected chi connectivity index (χ1v) is 15.3. The van der Waals surface area contributed by atoms with E-state index in [1.165, 1.54) is 76.0 Å². The predicted octanol–water partition coefficient (Wildman–Crippen LogP) is 9.31. The van der Waals surface area contributed by atoms with E-state index in [1.807, 2.05) is 6.07 Å². The van der Waals surface area contributed by atoms with Crippen LogP contribution in [0.3, 0.4) is 0 Å². The first-order valence-electron chi connectivity index (χ1n) is 13.2. The summed E-state index contributed by atoms with van der Waals surface area (Å²) in [5.41, 5.74) is 0.954. The van der Waals surface area contributed by atoms with Crippen molar-refractivity contribution in [3.63, 3.8) is 0 Å². The molecule has 2 fully saturated rings. The third-order valence-electron chi connectivity index (χ3n) is 7.81. The van der Waals surface area contributed by atoms with Crippen molar-refractivity contribution in [1.82, 2.24) is 0 Å². The van der Waals surface area contributed by atoms with Crippen LogP contribution in [0.2, 0.25) is 18.1 Å². The second-order valence-corrected chi connectivity index (χ2v) is 13.3. The Labute approximate surface area is 199 Å². The van der Waals surface area contributed by atoms with Crippen molar-refractivity contribution in [3.8, 4) is 5.75 Å². The van der Waals surface area contributed by atoms with Crippen molar-refractivity contribution in [2.45, 2.75) is 114 Å². The minimum atomic E-state index is -4.29. The van der Waals surface area contributed by atoms with Crippen LogP contribution in [0.5, 0.6) is 5.75 Å². The molecule has 0 spiro atoms. The Morgan fingerprint density at radius 2 is 1.58 bits per heavy atom. The Kier molecular flexibility index (Phi) is 10.6. The Morgan fingerprint density at radius 3 is 2.15 bits per heavy atom. The van der Waals surface area contributed by atoms with Crippen molar-refractivity contribution >= 4 is 8.80 Å². The van der Waals surface area contributed by atoms with Gasteiger partial charge in [0.25, 0.3) is 0 Å². The van der Waals surface area contributed by atoms with E-state index in [4.69, 9.17) is 4.74 Å². The highest BCUT2D eigenvalue weighted by molar-refractivity contribution is 6.58. The molecule has 1 nitrogen and oxygen atoms in total. The highest BCUT2D eigenvalue weighted by Crippen LogP contribution is 2.39. The molecule has 1 aromatic carbocycles. The molecule has 1 heterocycles. The van der Waals surface area contributed by atoms with Crippen molar-refractivity contribution in [2.24, 2.45) is 11.8 Å². The van der Waals surface area contributed by atoms with Crippen LogP contribution >= 0.6 is 0 Å². The summed E-state index contributed by atoms with van der Waals surface area (Å²) in [5, 5.41) is 0. The van der Waals surface area contributed by atoms with E-state index >= 15 is 0 Å². The molecule has 187 valence electrons. The minimum Gasteiger partial charge on any atom is -0.490 e. The minimum absolute atomic E-state index is 0.00786. The molecule has 6 heteroatoms. The number of halogens is 4. The van der Waals surface area contributed by atoms with E-state index in [0.29, 0.717) is 5.92 Å². The van der Waals surface area contributed by atoms with E-state index in [-0.39, 0.29) is 14.5 Å². The molecule has 0 N–H and O–H groups in total. The van der Waals surface area contributed by atoms with Gasteiger partial charge in [-0.2, -0.15) is 13.2 Å². The SMILES string of the molecule is CCC[Si]1CCC(CCCCC2CCC(c3ccc(OCCC(F)(F)F)c(F)c3)CC2)CC1. The summed E-state index contributed by atoms with van der Waals surface area (Å²) >= 11 is 0. The largest absolute Gasteiger partial charge is 0.490 e. The van der Waals surface area contributed by atoms with Crippen LogP contribution in [0.25, 0.3) is 0 Å². The van der Waals surface area contributed by atoms with Gasteiger partial charge in [-0.05, 0) is 61.1 Å². The normalized spacial score (nSPS) is 23.1. The van der Waals surface area contributed by atoms with Gasteiger partial charge in [-0.1, -0.05) is 76.1 Å². The second kappa shape index (κ2) is 13.2. The van der Waals surface area contributed by atoms with Gasteiger partial charge in [-0.3, -0.25) is 0 Å². The number of hydrogen-bond donors (Lipinski definition) is 0. The molecule has 0 aromatic heterocycles. The fourth-order valence-corrected chi connectivity index (χ4v) is 8.88. The first kappa shape index (κ1) is 26.6. The Balaban J connectivity index is 1.31. The van der Waals surface area contributed by atoms with Gasteiger partial charge in [-0.15, -0.1) is 0 Å². The van der Waals surface area contributed by atoms with E-state index < -0.39 is 25.0 Å². The molecule has 1 aromatic rings. The molecule has 1 aliphatic carbocycles. The summed E-state index contributed by atoms with van der Waals surface area (Å²) in [4.78, 5) is 0. The zero-order valence-electron chi connectivity index (χ0n) is 20.2. The maximum absolute atomic E-state index is 14.3. The number of unbranched alkanes of at least 4 members (excludes halogenated alkanes) is 1. The third-order valence-corrected chi connectivity index (χ3v) is 11.0. The van der Waals surface area contributed by atoms with E-state index in [1.54, 1.807) is 12.1 Å². The number of ether oxygens (including phenoxy) is 1. The molecule has 1 saturated carbocycles. The summed E-state index contributed by atoms with van der Waals surface area (Å²) in [5.74, 6) is 1.49. The van der Waals surface area contributed by atoms with Crippen molar-refractivity contribution in [3.05, 3.63) is 29.6 Å². The van der Waals surface area contributed by atoms with Crippen molar-refractivity contribution in [2.75, 3.05) is 6.61 Å². The summed E-state index contributed by atoms with van der Waals surface area (Å²) < 4.78 is 56.0. The Hall–Kier alpha value is -1.04. The Bertz CT molecular complexity index is 692. The topological polar surface area (TPSA) is 9.23 Å². The molecule has 2 aliphatic rings. The highest BCUT2D eigenvalue weighted by Gasteiger charge is 2.27. The lowest BCUT2D eigenvalue weighted by atomic mass is 9.77. The van der Waals surface area contributed by atoms with Crippen LogP contribution in [-0.2, 0) is 0 Å². The van der Waals surface area contributed by atoms with Crippen LogP contribution in [0.4, 0.5) is 17.6 Å². The lowest BCUT2D eigenvalue weighted by Crippen LogP contribution is -2.21. The van der Waals surface area contributed by atoms with Gasteiger partial charge in [0.05, 0.1) is 13.0 Å². The molecule has 0 atom stereocenters. The lowest BCUT2D eigenvalue weighted by molar-refractivity contribution is -0.139. The zero-order chi connectivity index (χ0) is 23.7. The van der Waals surface area contributed by atoms with Crippen LogP contribution in [0, 0.1) is 17.7 Å². The average Bonchev–Trinajstić information content (AvgIpc) is 2.79. The number of rotatable bonds is 11. The third kappa shape index (κ3) is 9.26. The van der Waals surface area contributed by atoms with E-state index in [2.05, 4.69) is 6.92 Å². The molecular weight excluding hydrogens is 444 g/mol. The van der Waals surface area contributed by atoms with E-state index in [0.717, 1.165) is 30.2 Å². The second-order valence-electron chi connectivity index (χ2n) is 10.3.